The van der Waals surface area contributed by atoms with Crippen LogP contribution in [0.4, 0.5) is 0 Å². The first kappa shape index (κ1) is 22.3. The highest BCUT2D eigenvalue weighted by atomic mass is 35.5. The van der Waals surface area contributed by atoms with Crippen molar-refractivity contribution in [2.45, 2.75) is 4.90 Å². The van der Waals surface area contributed by atoms with Gasteiger partial charge in [-0.2, -0.15) is 0 Å². The molecule has 6 nitrogen and oxygen atoms in total. The van der Waals surface area contributed by atoms with E-state index in [-0.39, 0.29) is 19.3 Å². The summed E-state index contributed by atoms with van der Waals surface area (Å²) in [7, 11) is -4.18. The van der Waals surface area contributed by atoms with Crippen molar-refractivity contribution >= 4 is 84.6 Å². The first-order valence-corrected chi connectivity index (χ1v) is 12.2. The van der Waals surface area contributed by atoms with Gasteiger partial charge in [0, 0.05) is 17.0 Å². The molecule has 0 unspecified atom stereocenters. The standard InChI is InChI=1S/C19H10Cl4N2O4S2/c20-12-3-1-11(7-13(12)21)29-10-2-4-14-9(5-10)6-15(24-14)19(26)25-31(27,28)16-8-17(22)30-18(16)23/h1-8,24H,(H,25,26). The Balaban J connectivity index is 1.57. The number of halogens is 4. The third kappa shape index (κ3) is 4.79. The van der Waals surface area contributed by atoms with Crippen LogP contribution in [0.2, 0.25) is 18.7 Å². The Morgan fingerprint density at radius 2 is 1.65 bits per heavy atom. The predicted molar refractivity (Wildman–Crippen MR) is 124 cm³/mol. The molecule has 1 amide bonds. The molecule has 2 aromatic heterocycles. The van der Waals surface area contributed by atoms with Crippen molar-refractivity contribution in [3.05, 3.63) is 72.9 Å². The second kappa shape index (κ2) is 8.54. The van der Waals surface area contributed by atoms with Gasteiger partial charge in [-0.1, -0.05) is 46.4 Å². The first-order chi connectivity index (χ1) is 14.6. The third-order valence-corrected chi connectivity index (χ3v) is 7.93. The maximum absolute atomic E-state index is 12.5. The summed E-state index contributed by atoms with van der Waals surface area (Å²) in [4.78, 5) is 15.1. The number of H-pyrrole nitrogens is 1. The van der Waals surface area contributed by atoms with E-state index in [4.69, 9.17) is 51.1 Å². The highest BCUT2D eigenvalue weighted by Crippen LogP contribution is 2.34. The van der Waals surface area contributed by atoms with Gasteiger partial charge in [0.2, 0.25) is 0 Å². The molecule has 31 heavy (non-hydrogen) atoms. The Morgan fingerprint density at radius 3 is 2.32 bits per heavy atom. The van der Waals surface area contributed by atoms with E-state index >= 15 is 0 Å². The van der Waals surface area contributed by atoms with Crippen LogP contribution in [0, 0.1) is 0 Å². The minimum Gasteiger partial charge on any atom is -0.457 e. The molecule has 2 heterocycles. The lowest BCUT2D eigenvalue weighted by Gasteiger charge is -2.06. The van der Waals surface area contributed by atoms with E-state index in [9.17, 15) is 13.2 Å². The zero-order valence-electron chi connectivity index (χ0n) is 15.1. The van der Waals surface area contributed by atoms with Crippen LogP contribution < -0.4 is 9.46 Å². The van der Waals surface area contributed by atoms with Crippen molar-refractivity contribution in [3.8, 4) is 11.5 Å². The number of carbonyl (C=O) groups excluding carboxylic acids is 1. The molecule has 0 aliphatic heterocycles. The van der Waals surface area contributed by atoms with Gasteiger partial charge in [0.05, 0.1) is 14.4 Å². The van der Waals surface area contributed by atoms with Gasteiger partial charge < -0.3 is 9.72 Å². The number of benzene rings is 2. The normalized spacial score (nSPS) is 11.6. The lowest BCUT2D eigenvalue weighted by molar-refractivity contribution is 0.0977. The Kier molecular flexibility index (Phi) is 6.13. The molecule has 0 saturated heterocycles. The molecular weight excluding hydrogens is 526 g/mol. The predicted octanol–water partition coefficient (Wildman–Crippen LogP) is 6.75. The van der Waals surface area contributed by atoms with Crippen molar-refractivity contribution in [1.29, 1.82) is 0 Å². The molecule has 0 aliphatic rings. The minimum atomic E-state index is -4.18. The number of amides is 1. The van der Waals surface area contributed by atoms with Crippen LogP contribution in [0.5, 0.6) is 11.5 Å². The molecule has 4 aromatic rings. The van der Waals surface area contributed by atoms with Crippen molar-refractivity contribution in [3.63, 3.8) is 0 Å². The molecule has 0 fully saturated rings. The second-order valence-corrected chi connectivity index (χ2v) is 11.0. The number of ether oxygens (including phenoxy) is 1. The zero-order chi connectivity index (χ0) is 22.3. The smallest absolute Gasteiger partial charge is 0.281 e. The minimum absolute atomic E-state index is 0.0361. The van der Waals surface area contributed by atoms with Crippen LogP contribution in [-0.2, 0) is 10.0 Å². The van der Waals surface area contributed by atoms with E-state index in [2.05, 4.69) is 4.98 Å². The highest BCUT2D eigenvalue weighted by Gasteiger charge is 2.24. The molecule has 0 bridgehead atoms. The average molecular weight is 536 g/mol. The zero-order valence-corrected chi connectivity index (χ0v) is 19.7. The summed E-state index contributed by atoms with van der Waals surface area (Å²) >= 11 is 24.5. The van der Waals surface area contributed by atoms with Crippen molar-refractivity contribution in [1.82, 2.24) is 9.71 Å². The van der Waals surface area contributed by atoms with Gasteiger partial charge in [-0.25, -0.2) is 13.1 Å². The molecule has 160 valence electrons. The molecular formula is C19H10Cl4N2O4S2. The van der Waals surface area contributed by atoms with Crippen molar-refractivity contribution < 1.29 is 17.9 Å². The average Bonchev–Trinajstić information content (AvgIpc) is 3.27. The Bertz CT molecular complexity index is 1430. The second-order valence-electron chi connectivity index (χ2n) is 6.23. The van der Waals surface area contributed by atoms with E-state index in [0.29, 0.717) is 32.4 Å². The van der Waals surface area contributed by atoms with Crippen LogP contribution in [0.25, 0.3) is 10.9 Å². The van der Waals surface area contributed by atoms with E-state index in [1.165, 1.54) is 12.1 Å². The van der Waals surface area contributed by atoms with Gasteiger partial charge in [0.1, 0.15) is 26.4 Å². The summed E-state index contributed by atoms with van der Waals surface area (Å²) in [5.74, 6) is 0.130. The molecule has 2 N–H and O–H groups in total. The molecule has 0 atom stereocenters. The summed E-state index contributed by atoms with van der Waals surface area (Å²) in [6, 6.07) is 12.6. The summed E-state index contributed by atoms with van der Waals surface area (Å²) in [6.45, 7) is 0. The number of hydrogen-bond acceptors (Lipinski definition) is 5. The lowest BCUT2D eigenvalue weighted by atomic mass is 10.2. The number of nitrogens with one attached hydrogen (secondary N) is 2. The van der Waals surface area contributed by atoms with Gasteiger partial charge in [-0.05, 0) is 42.5 Å². The van der Waals surface area contributed by atoms with Gasteiger partial charge in [-0.15, -0.1) is 11.3 Å². The molecule has 0 aliphatic carbocycles. The van der Waals surface area contributed by atoms with Crippen LogP contribution in [0.3, 0.4) is 0 Å². The number of rotatable bonds is 5. The number of aromatic amines is 1. The van der Waals surface area contributed by atoms with Crippen molar-refractivity contribution in [2.75, 3.05) is 0 Å². The summed E-state index contributed by atoms with van der Waals surface area (Å²) in [6.07, 6.45) is 0. The Hall–Kier alpha value is -1.94. The Labute approximate surface area is 200 Å². The fraction of sp³-hybridized carbons (Fsp3) is 0. The van der Waals surface area contributed by atoms with E-state index in [1.807, 2.05) is 4.72 Å². The van der Waals surface area contributed by atoms with Crippen molar-refractivity contribution in [2.24, 2.45) is 0 Å². The number of thiophene rings is 1. The monoisotopic (exact) mass is 534 g/mol. The number of aromatic nitrogens is 1. The Morgan fingerprint density at radius 1 is 0.935 bits per heavy atom. The number of hydrogen-bond donors (Lipinski definition) is 2. The fourth-order valence-corrected chi connectivity index (χ4v) is 6.12. The molecule has 4 rings (SSSR count). The largest absolute Gasteiger partial charge is 0.457 e. The van der Waals surface area contributed by atoms with Crippen LogP contribution in [-0.4, -0.2) is 19.3 Å². The summed E-state index contributed by atoms with van der Waals surface area (Å²) in [5.41, 5.74) is 0.656. The molecule has 2 aromatic carbocycles. The maximum atomic E-state index is 12.5. The molecule has 0 saturated carbocycles. The summed E-state index contributed by atoms with van der Waals surface area (Å²) < 4.78 is 32.8. The van der Waals surface area contributed by atoms with E-state index in [0.717, 1.165) is 11.3 Å². The number of fused-ring (bicyclic) bond motifs is 1. The number of sulfonamides is 1. The SMILES string of the molecule is O=C(NS(=O)(=O)c1cc(Cl)sc1Cl)c1cc2cc(Oc3ccc(Cl)c(Cl)c3)ccc2[nH]1. The van der Waals surface area contributed by atoms with Crippen LogP contribution in [0.15, 0.2) is 53.4 Å². The maximum Gasteiger partial charge on any atom is 0.281 e. The highest BCUT2D eigenvalue weighted by molar-refractivity contribution is 7.90. The van der Waals surface area contributed by atoms with E-state index in [1.54, 1.807) is 36.4 Å². The first-order valence-electron chi connectivity index (χ1n) is 8.40. The lowest BCUT2D eigenvalue weighted by Crippen LogP contribution is -2.30. The quantitative estimate of drug-likeness (QED) is 0.295. The fourth-order valence-electron chi connectivity index (χ4n) is 2.71. The van der Waals surface area contributed by atoms with Crippen LogP contribution in [0.1, 0.15) is 10.5 Å². The van der Waals surface area contributed by atoms with E-state index < -0.39 is 15.9 Å². The van der Waals surface area contributed by atoms with Gasteiger partial charge in [0.25, 0.3) is 15.9 Å². The molecule has 0 spiro atoms. The van der Waals surface area contributed by atoms with Gasteiger partial charge in [0.15, 0.2) is 0 Å². The number of carbonyl (C=O) groups is 1. The van der Waals surface area contributed by atoms with Crippen LogP contribution >= 0.6 is 57.7 Å². The van der Waals surface area contributed by atoms with Gasteiger partial charge >= 0.3 is 0 Å². The summed E-state index contributed by atoms with van der Waals surface area (Å²) in [5, 5.41) is 1.40. The molecule has 12 heteroatoms. The van der Waals surface area contributed by atoms with Gasteiger partial charge in [-0.3, -0.25) is 4.79 Å². The third-order valence-electron chi connectivity index (χ3n) is 4.11. The topological polar surface area (TPSA) is 88.3 Å². The molecule has 0 radical (unpaired) electrons.